The predicted octanol–water partition coefficient (Wildman–Crippen LogP) is -1.27. The first kappa shape index (κ1) is 7.96. The molecule has 0 unspecified atom stereocenters. The predicted molar refractivity (Wildman–Crippen MR) is 35.0 cm³/mol. The van der Waals surface area contributed by atoms with Crippen molar-refractivity contribution in [3.05, 3.63) is 0 Å². The van der Waals surface area contributed by atoms with E-state index in [-0.39, 0.29) is 19.2 Å². The van der Waals surface area contributed by atoms with Gasteiger partial charge in [-0.15, -0.1) is 0 Å². The van der Waals surface area contributed by atoms with Crippen molar-refractivity contribution in [3.63, 3.8) is 0 Å². The summed E-state index contributed by atoms with van der Waals surface area (Å²) < 4.78 is 4.62. The second-order valence-corrected chi connectivity index (χ2v) is 2.15. The molecule has 2 N–H and O–H groups in total. The van der Waals surface area contributed by atoms with Crippen molar-refractivity contribution in [2.45, 2.75) is 0 Å². The van der Waals surface area contributed by atoms with E-state index in [1.807, 2.05) is 0 Å². The zero-order valence-corrected chi connectivity index (χ0v) is 6.11. The number of rotatable bonds is 2. The van der Waals surface area contributed by atoms with Crippen LogP contribution in [0.1, 0.15) is 0 Å². The Labute approximate surface area is 63.5 Å². The number of ether oxygens (including phenoxy) is 1. The van der Waals surface area contributed by atoms with Crippen molar-refractivity contribution >= 4 is 11.9 Å². The molecule has 0 saturated carbocycles. The van der Waals surface area contributed by atoms with Gasteiger partial charge in [0.1, 0.15) is 13.3 Å². The molecule has 0 bridgehead atoms. The fourth-order valence-electron chi connectivity index (χ4n) is 0.817. The van der Waals surface area contributed by atoms with Crippen LogP contribution in [0.2, 0.25) is 0 Å². The number of hydrogen-bond acceptors (Lipinski definition) is 4. The maximum absolute atomic E-state index is 10.9. The van der Waals surface area contributed by atoms with Crippen molar-refractivity contribution < 1.29 is 14.3 Å². The zero-order chi connectivity index (χ0) is 8.43. The molecule has 6 heteroatoms. The number of nitrogens with zero attached hydrogens (tertiary/aromatic N) is 2. The van der Waals surface area contributed by atoms with E-state index in [2.05, 4.69) is 4.74 Å². The van der Waals surface area contributed by atoms with Crippen molar-refractivity contribution in [1.29, 1.82) is 0 Å². The summed E-state index contributed by atoms with van der Waals surface area (Å²) in [5.74, 6) is 4.82. The Morgan fingerprint density at radius 2 is 2.27 bits per heavy atom. The molecule has 3 amide bonds. The van der Waals surface area contributed by atoms with E-state index < -0.39 is 6.03 Å². The molecule has 0 atom stereocenters. The average Bonchev–Trinajstić information content (AvgIpc) is 2.17. The molecule has 0 spiro atoms. The number of carbonyl (C=O) groups is 2. The second-order valence-electron chi connectivity index (χ2n) is 2.15. The normalized spacial score (nSPS) is 18.4. The van der Waals surface area contributed by atoms with Gasteiger partial charge in [0.15, 0.2) is 0 Å². The Kier molecular flexibility index (Phi) is 2.06. The van der Waals surface area contributed by atoms with Gasteiger partial charge in [-0.05, 0) is 0 Å². The first-order valence-corrected chi connectivity index (χ1v) is 3.02. The largest absolute Gasteiger partial charge is 0.364 e. The number of nitrogens with two attached hydrogens (primary N) is 1. The number of hydrazine groups is 1. The summed E-state index contributed by atoms with van der Waals surface area (Å²) in [7, 11) is 1.40. The van der Waals surface area contributed by atoms with Crippen LogP contribution in [0.15, 0.2) is 0 Å². The van der Waals surface area contributed by atoms with E-state index in [0.29, 0.717) is 0 Å². The van der Waals surface area contributed by atoms with Crippen LogP contribution < -0.4 is 5.84 Å². The van der Waals surface area contributed by atoms with Gasteiger partial charge in [-0.1, -0.05) is 0 Å². The highest BCUT2D eigenvalue weighted by atomic mass is 16.5. The Bertz CT molecular complexity index is 193. The lowest BCUT2D eigenvalue weighted by Gasteiger charge is -2.11. The quantitative estimate of drug-likeness (QED) is 0.309. The standard InChI is InChI=1S/C5H9N3O3/c1-11-3-7-4(9)2-8(6)5(7)10/h2-3,6H2,1H3. The monoisotopic (exact) mass is 159 g/mol. The molecular weight excluding hydrogens is 150 g/mol. The summed E-state index contributed by atoms with van der Waals surface area (Å²) >= 11 is 0. The number of hydrogen-bond donors (Lipinski definition) is 1. The third kappa shape index (κ3) is 1.31. The van der Waals surface area contributed by atoms with Crippen LogP contribution in [0.3, 0.4) is 0 Å². The fourth-order valence-corrected chi connectivity index (χ4v) is 0.817. The third-order valence-corrected chi connectivity index (χ3v) is 1.34. The molecule has 0 radical (unpaired) electrons. The van der Waals surface area contributed by atoms with Gasteiger partial charge >= 0.3 is 6.03 Å². The maximum atomic E-state index is 10.9. The molecule has 0 aromatic rings. The number of methoxy groups -OCH3 is 1. The highest BCUT2D eigenvalue weighted by Crippen LogP contribution is 2.04. The van der Waals surface area contributed by atoms with E-state index in [1.165, 1.54) is 7.11 Å². The molecule has 0 aromatic carbocycles. The van der Waals surface area contributed by atoms with Crippen LogP contribution in [0, 0.1) is 0 Å². The lowest BCUT2D eigenvalue weighted by atomic mass is 10.6. The van der Waals surface area contributed by atoms with Crippen molar-refractivity contribution in [3.8, 4) is 0 Å². The molecule has 0 aromatic heterocycles. The number of amides is 3. The molecule has 0 aliphatic carbocycles. The van der Waals surface area contributed by atoms with Gasteiger partial charge in [0.2, 0.25) is 0 Å². The Morgan fingerprint density at radius 3 is 2.64 bits per heavy atom. The first-order valence-electron chi connectivity index (χ1n) is 3.02. The summed E-state index contributed by atoms with van der Waals surface area (Å²) in [6.45, 7) is -0.104. The van der Waals surface area contributed by atoms with Gasteiger partial charge in [-0.2, -0.15) is 0 Å². The SMILES string of the molecule is COCN1C(=O)CN(N)C1=O. The van der Waals surface area contributed by atoms with Gasteiger partial charge in [-0.3, -0.25) is 9.80 Å². The fraction of sp³-hybridized carbons (Fsp3) is 0.600. The Balaban J connectivity index is 2.64. The zero-order valence-electron chi connectivity index (χ0n) is 6.11. The molecule has 1 saturated heterocycles. The summed E-state index contributed by atoms with van der Waals surface area (Å²) in [6.07, 6.45) is 0. The van der Waals surface area contributed by atoms with E-state index in [1.54, 1.807) is 0 Å². The molecule has 1 fully saturated rings. The minimum absolute atomic E-state index is 0.0363. The molecular formula is C5H9N3O3. The van der Waals surface area contributed by atoms with Crippen LogP contribution >= 0.6 is 0 Å². The number of imide groups is 1. The summed E-state index contributed by atoms with van der Waals surface area (Å²) in [5, 5.41) is 0.849. The molecule has 62 valence electrons. The van der Waals surface area contributed by atoms with E-state index in [9.17, 15) is 9.59 Å². The van der Waals surface area contributed by atoms with Gasteiger partial charge in [0.25, 0.3) is 5.91 Å². The lowest BCUT2D eigenvalue weighted by Crippen LogP contribution is -2.37. The van der Waals surface area contributed by atoms with Gasteiger partial charge < -0.3 is 4.74 Å². The first-order chi connectivity index (χ1) is 5.16. The van der Waals surface area contributed by atoms with Crippen molar-refractivity contribution in [2.75, 3.05) is 20.4 Å². The summed E-state index contributed by atoms with van der Waals surface area (Å²) in [6, 6.07) is -0.517. The van der Waals surface area contributed by atoms with Crippen LogP contribution in [0.4, 0.5) is 4.79 Å². The maximum Gasteiger partial charge on any atom is 0.343 e. The van der Waals surface area contributed by atoms with Gasteiger partial charge in [0.05, 0.1) is 0 Å². The van der Waals surface area contributed by atoms with E-state index >= 15 is 0 Å². The highest BCUT2D eigenvalue weighted by Gasteiger charge is 2.33. The molecule has 1 aliphatic rings. The minimum atomic E-state index is -0.517. The van der Waals surface area contributed by atoms with Crippen LogP contribution in [-0.4, -0.2) is 42.2 Å². The molecule has 1 aliphatic heterocycles. The van der Waals surface area contributed by atoms with Crippen LogP contribution in [0.5, 0.6) is 0 Å². The summed E-state index contributed by atoms with van der Waals surface area (Å²) in [4.78, 5) is 22.8. The smallest absolute Gasteiger partial charge is 0.343 e. The Morgan fingerprint density at radius 1 is 1.64 bits per heavy atom. The number of urea groups is 1. The van der Waals surface area contributed by atoms with Gasteiger partial charge in [-0.25, -0.2) is 15.5 Å². The summed E-state index contributed by atoms with van der Waals surface area (Å²) in [5.41, 5.74) is 0. The topological polar surface area (TPSA) is 75.9 Å². The molecule has 6 nitrogen and oxygen atoms in total. The number of carbonyl (C=O) groups excluding carboxylic acids is 2. The van der Waals surface area contributed by atoms with Crippen LogP contribution in [-0.2, 0) is 9.53 Å². The van der Waals surface area contributed by atoms with Crippen LogP contribution in [0.25, 0.3) is 0 Å². The van der Waals surface area contributed by atoms with Crippen molar-refractivity contribution in [1.82, 2.24) is 9.91 Å². The highest BCUT2D eigenvalue weighted by molar-refractivity contribution is 6.01. The van der Waals surface area contributed by atoms with E-state index in [0.717, 1.165) is 9.91 Å². The van der Waals surface area contributed by atoms with Crippen molar-refractivity contribution in [2.24, 2.45) is 5.84 Å². The molecule has 1 rings (SSSR count). The Hall–Kier alpha value is -1.14. The second kappa shape index (κ2) is 2.85. The molecule has 1 heterocycles. The van der Waals surface area contributed by atoms with E-state index in [4.69, 9.17) is 5.84 Å². The van der Waals surface area contributed by atoms with Gasteiger partial charge in [0, 0.05) is 7.11 Å². The third-order valence-electron chi connectivity index (χ3n) is 1.34. The lowest BCUT2D eigenvalue weighted by molar-refractivity contribution is -0.128. The minimum Gasteiger partial charge on any atom is -0.364 e. The average molecular weight is 159 g/mol. The molecule has 11 heavy (non-hydrogen) atoms.